The molecule has 0 aromatic heterocycles. The van der Waals surface area contributed by atoms with E-state index in [0.717, 1.165) is 11.1 Å². The van der Waals surface area contributed by atoms with Gasteiger partial charge in [-0.05, 0) is 37.2 Å². The molecule has 2 aromatic rings. The minimum atomic E-state index is -1.07. The molecule has 3 amide bonds. The van der Waals surface area contributed by atoms with E-state index >= 15 is 0 Å². The van der Waals surface area contributed by atoms with Gasteiger partial charge in [0.1, 0.15) is 11.4 Å². The topological polar surface area (TPSA) is 52.6 Å². The third-order valence-corrected chi connectivity index (χ3v) is 4.35. The van der Waals surface area contributed by atoms with Crippen molar-refractivity contribution in [3.8, 4) is 0 Å². The first-order chi connectivity index (χ1) is 11.9. The zero-order chi connectivity index (χ0) is 18.0. The minimum Gasteiger partial charge on any atom is -0.319 e. The summed E-state index contributed by atoms with van der Waals surface area (Å²) in [4.78, 5) is 28.1. The van der Waals surface area contributed by atoms with Gasteiger partial charge in [0.05, 0.1) is 6.67 Å². The van der Waals surface area contributed by atoms with Crippen LogP contribution in [-0.4, -0.2) is 35.5 Å². The van der Waals surface area contributed by atoms with Gasteiger partial charge in [0.15, 0.2) is 0 Å². The third-order valence-electron chi connectivity index (χ3n) is 4.35. The normalized spacial score (nSPS) is 20.2. The van der Waals surface area contributed by atoms with E-state index in [1.807, 2.05) is 30.3 Å². The van der Waals surface area contributed by atoms with Crippen molar-refractivity contribution in [2.24, 2.45) is 0 Å². The number of urea groups is 1. The average molecular weight is 341 g/mol. The van der Waals surface area contributed by atoms with Gasteiger partial charge in [-0.1, -0.05) is 42.5 Å². The molecular weight excluding hydrogens is 321 g/mol. The summed E-state index contributed by atoms with van der Waals surface area (Å²) in [5.41, 5.74) is 0.446. The fourth-order valence-corrected chi connectivity index (χ4v) is 3.03. The second-order valence-corrected chi connectivity index (χ2v) is 6.44. The fourth-order valence-electron chi connectivity index (χ4n) is 3.03. The van der Waals surface area contributed by atoms with Crippen molar-refractivity contribution < 1.29 is 14.0 Å². The van der Waals surface area contributed by atoms with E-state index in [-0.39, 0.29) is 18.4 Å². The lowest BCUT2D eigenvalue weighted by Crippen LogP contribution is -2.42. The van der Waals surface area contributed by atoms with Crippen LogP contribution >= 0.6 is 0 Å². The quantitative estimate of drug-likeness (QED) is 0.851. The molecule has 0 bridgehead atoms. The molecule has 1 fully saturated rings. The number of nitrogens with one attached hydrogen (secondary N) is 1. The van der Waals surface area contributed by atoms with E-state index < -0.39 is 11.6 Å². The SMILES string of the molecule is CN(Cc1cccc(F)c1)CN1C(=O)N[C@](C)(c2ccccc2)C1=O. The first-order valence-electron chi connectivity index (χ1n) is 8.03. The molecule has 3 rings (SSSR count). The summed E-state index contributed by atoms with van der Waals surface area (Å²) in [6.07, 6.45) is 0. The molecule has 1 aliphatic rings. The maximum absolute atomic E-state index is 13.3. The Labute approximate surface area is 146 Å². The Kier molecular flexibility index (Phi) is 4.55. The smallest absolute Gasteiger partial charge is 0.319 e. The first-order valence-corrected chi connectivity index (χ1v) is 8.03. The Hall–Kier alpha value is -2.73. The van der Waals surface area contributed by atoms with E-state index in [0.29, 0.717) is 6.54 Å². The van der Waals surface area contributed by atoms with Crippen LogP contribution in [0.4, 0.5) is 9.18 Å². The summed E-state index contributed by atoms with van der Waals surface area (Å²) in [6, 6.07) is 15.0. The molecule has 0 spiro atoms. The molecule has 25 heavy (non-hydrogen) atoms. The predicted octanol–water partition coefficient (Wildman–Crippen LogP) is 2.68. The number of benzene rings is 2. The van der Waals surface area contributed by atoms with Crippen molar-refractivity contribution in [1.82, 2.24) is 15.1 Å². The number of carbonyl (C=O) groups excluding carboxylic acids is 2. The van der Waals surface area contributed by atoms with E-state index in [9.17, 15) is 14.0 Å². The van der Waals surface area contributed by atoms with Gasteiger partial charge in [0, 0.05) is 6.54 Å². The van der Waals surface area contributed by atoms with Gasteiger partial charge in [-0.15, -0.1) is 0 Å². The lowest BCUT2D eigenvalue weighted by Gasteiger charge is -2.24. The monoisotopic (exact) mass is 341 g/mol. The average Bonchev–Trinajstić information content (AvgIpc) is 2.80. The minimum absolute atomic E-state index is 0.129. The van der Waals surface area contributed by atoms with Crippen molar-refractivity contribution in [3.63, 3.8) is 0 Å². The Morgan fingerprint density at radius 1 is 1.12 bits per heavy atom. The molecule has 2 aromatic carbocycles. The van der Waals surface area contributed by atoms with Crippen LogP contribution in [0.2, 0.25) is 0 Å². The van der Waals surface area contributed by atoms with Crippen molar-refractivity contribution in [1.29, 1.82) is 0 Å². The molecule has 6 heteroatoms. The van der Waals surface area contributed by atoms with Gasteiger partial charge in [-0.3, -0.25) is 9.69 Å². The summed E-state index contributed by atoms with van der Waals surface area (Å²) in [5.74, 6) is -0.604. The van der Waals surface area contributed by atoms with Crippen LogP contribution in [0.5, 0.6) is 0 Å². The molecule has 0 saturated carbocycles. The molecule has 1 heterocycles. The van der Waals surface area contributed by atoms with Crippen molar-refractivity contribution in [3.05, 3.63) is 71.5 Å². The fraction of sp³-hybridized carbons (Fsp3) is 0.263. The third kappa shape index (κ3) is 3.39. The summed E-state index contributed by atoms with van der Waals surface area (Å²) < 4.78 is 13.3. The second-order valence-electron chi connectivity index (χ2n) is 6.44. The van der Waals surface area contributed by atoms with Crippen LogP contribution in [0.3, 0.4) is 0 Å². The Morgan fingerprint density at radius 3 is 2.52 bits per heavy atom. The van der Waals surface area contributed by atoms with Gasteiger partial charge < -0.3 is 5.32 Å². The molecule has 1 aliphatic heterocycles. The molecule has 1 atom stereocenters. The Morgan fingerprint density at radius 2 is 1.84 bits per heavy atom. The number of hydrogen-bond acceptors (Lipinski definition) is 3. The highest BCUT2D eigenvalue weighted by Crippen LogP contribution is 2.28. The molecule has 130 valence electrons. The van der Waals surface area contributed by atoms with Crippen LogP contribution in [0.25, 0.3) is 0 Å². The second kappa shape index (κ2) is 6.64. The van der Waals surface area contributed by atoms with Crippen molar-refractivity contribution >= 4 is 11.9 Å². The number of halogens is 1. The molecule has 0 aliphatic carbocycles. The highest BCUT2D eigenvalue weighted by molar-refractivity contribution is 6.07. The standard InChI is InChI=1S/C19H20FN3O2/c1-19(15-8-4-3-5-9-15)17(24)23(18(25)21-19)13-22(2)12-14-7-6-10-16(20)11-14/h3-11H,12-13H2,1-2H3,(H,21,25)/t19-/m1/s1. The zero-order valence-corrected chi connectivity index (χ0v) is 14.2. The van der Waals surface area contributed by atoms with Gasteiger partial charge >= 0.3 is 6.03 Å². The largest absolute Gasteiger partial charge is 0.326 e. The number of carbonyl (C=O) groups is 2. The van der Waals surface area contributed by atoms with E-state index in [4.69, 9.17) is 0 Å². The van der Waals surface area contributed by atoms with Crippen molar-refractivity contribution in [2.45, 2.75) is 19.0 Å². The summed E-state index contributed by atoms with van der Waals surface area (Å²) in [5, 5.41) is 2.78. The molecule has 5 nitrogen and oxygen atoms in total. The predicted molar refractivity (Wildman–Crippen MR) is 91.9 cm³/mol. The number of amides is 3. The van der Waals surface area contributed by atoms with Crippen LogP contribution in [0, 0.1) is 5.82 Å². The lowest BCUT2D eigenvalue weighted by atomic mass is 9.92. The molecule has 1 N–H and O–H groups in total. The molecule has 0 unspecified atom stereocenters. The van der Waals surface area contributed by atoms with E-state index in [1.165, 1.54) is 17.0 Å². The summed E-state index contributed by atoms with van der Waals surface area (Å²) in [7, 11) is 1.78. The van der Waals surface area contributed by atoms with Crippen LogP contribution < -0.4 is 5.32 Å². The highest BCUT2D eigenvalue weighted by Gasteiger charge is 2.49. The zero-order valence-electron chi connectivity index (χ0n) is 14.2. The molecular formula is C19H20FN3O2. The van der Waals surface area contributed by atoms with Gasteiger partial charge in [-0.2, -0.15) is 0 Å². The maximum Gasteiger partial charge on any atom is 0.326 e. The highest BCUT2D eigenvalue weighted by atomic mass is 19.1. The maximum atomic E-state index is 13.3. The first kappa shape index (κ1) is 17.1. The van der Waals surface area contributed by atoms with Crippen molar-refractivity contribution in [2.75, 3.05) is 13.7 Å². The summed E-state index contributed by atoms with van der Waals surface area (Å²) >= 11 is 0. The van der Waals surface area contributed by atoms with Crippen LogP contribution in [0.15, 0.2) is 54.6 Å². The van der Waals surface area contributed by atoms with Crippen LogP contribution in [-0.2, 0) is 16.9 Å². The number of hydrogen-bond donors (Lipinski definition) is 1. The number of imide groups is 1. The lowest BCUT2D eigenvalue weighted by molar-refractivity contribution is -0.132. The number of rotatable bonds is 5. The van der Waals surface area contributed by atoms with E-state index in [1.54, 1.807) is 31.0 Å². The number of nitrogens with zero attached hydrogens (tertiary/aromatic N) is 2. The Balaban J connectivity index is 1.72. The van der Waals surface area contributed by atoms with Gasteiger partial charge in [0.25, 0.3) is 5.91 Å². The Bertz CT molecular complexity index is 796. The van der Waals surface area contributed by atoms with Gasteiger partial charge in [0.2, 0.25) is 0 Å². The van der Waals surface area contributed by atoms with Crippen LogP contribution in [0.1, 0.15) is 18.1 Å². The summed E-state index contributed by atoms with van der Waals surface area (Å²) in [6.45, 7) is 2.26. The van der Waals surface area contributed by atoms with E-state index in [2.05, 4.69) is 5.32 Å². The molecule has 1 saturated heterocycles. The molecule has 0 radical (unpaired) electrons. The van der Waals surface area contributed by atoms with Gasteiger partial charge in [-0.25, -0.2) is 14.1 Å².